The van der Waals surface area contributed by atoms with Crippen LogP contribution in [0, 0.1) is 30.3 Å². The van der Waals surface area contributed by atoms with Crippen LogP contribution >= 0.6 is 0 Å². The quantitative estimate of drug-likeness (QED) is 0.554. The molecular weight excluding hydrogens is 338 g/mol. The van der Waals surface area contributed by atoms with Gasteiger partial charge in [-0.2, -0.15) is 0 Å². The summed E-state index contributed by atoms with van der Waals surface area (Å²) in [6, 6.07) is 8.07. The Morgan fingerprint density at radius 3 is 1.92 bits per heavy atom. The van der Waals surface area contributed by atoms with Gasteiger partial charge in [-0.15, -0.1) is 0 Å². The van der Waals surface area contributed by atoms with Crippen LogP contribution < -0.4 is 0 Å². The Bertz CT molecular complexity index is 1040. The fourth-order valence-corrected chi connectivity index (χ4v) is 2.57. The Morgan fingerprint density at radius 2 is 1.40 bits per heavy atom. The van der Waals surface area contributed by atoms with Gasteiger partial charge in [0.05, 0.1) is 14.8 Å². The first-order valence-electron chi connectivity index (χ1n) is 6.63. The Hall–Kier alpha value is -4.02. The van der Waals surface area contributed by atoms with E-state index in [2.05, 4.69) is 0 Å². The molecule has 0 radical (unpaired) electrons. The van der Waals surface area contributed by atoms with E-state index in [0.29, 0.717) is 5.56 Å². The molecule has 0 saturated carbocycles. The summed E-state index contributed by atoms with van der Waals surface area (Å²) >= 11 is 0. The molecule has 25 heavy (non-hydrogen) atoms. The van der Waals surface area contributed by atoms with Crippen LogP contribution in [-0.4, -0.2) is 19.9 Å². The number of rotatable bonds is 4. The molecule has 0 atom stereocenters. The monoisotopic (exact) mass is 345 g/mol. The smallest absolute Gasteiger partial charge is 0.398 e. The third kappa shape index (κ3) is 2.30. The summed E-state index contributed by atoms with van der Waals surface area (Å²) in [6.07, 6.45) is 1.02. The first-order valence-corrected chi connectivity index (χ1v) is 6.63. The van der Waals surface area contributed by atoms with Crippen molar-refractivity contribution in [1.82, 2.24) is 0 Å². The van der Waals surface area contributed by atoms with Gasteiger partial charge in [0.1, 0.15) is 11.6 Å². The fourth-order valence-electron chi connectivity index (χ4n) is 2.57. The Kier molecular flexibility index (Phi) is 3.53. The van der Waals surface area contributed by atoms with Crippen LogP contribution in [0.4, 0.5) is 17.1 Å². The summed E-state index contributed by atoms with van der Waals surface area (Å²) in [5.74, 6) is -1.40. The van der Waals surface area contributed by atoms with E-state index in [4.69, 9.17) is 4.42 Å². The normalized spacial score (nSPS) is 10.7. The number of hydrogen-bond donors (Lipinski definition) is 1. The summed E-state index contributed by atoms with van der Waals surface area (Å²) in [5.41, 5.74) is -3.70. The lowest BCUT2D eigenvalue weighted by Gasteiger charge is -2.03. The molecule has 0 unspecified atom stereocenters. The summed E-state index contributed by atoms with van der Waals surface area (Å²) in [6.45, 7) is 0. The van der Waals surface area contributed by atoms with Gasteiger partial charge < -0.3 is 9.52 Å². The number of nitro groups is 3. The molecule has 11 heteroatoms. The zero-order valence-electron chi connectivity index (χ0n) is 12.1. The Labute approximate surface area is 137 Å². The minimum atomic E-state index is -1.40. The van der Waals surface area contributed by atoms with Crippen molar-refractivity contribution in [2.45, 2.75) is 0 Å². The van der Waals surface area contributed by atoms with Crippen molar-refractivity contribution >= 4 is 28.0 Å². The van der Waals surface area contributed by atoms with Crippen LogP contribution in [0.5, 0.6) is 5.75 Å². The van der Waals surface area contributed by atoms with Gasteiger partial charge in [0.2, 0.25) is 5.58 Å². The van der Waals surface area contributed by atoms with Crippen LogP contribution in [0.25, 0.3) is 22.1 Å². The van der Waals surface area contributed by atoms with Crippen molar-refractivity contribution in [1.29, 1.82) is 0 Å². The predicted molar refractivity (Wildman–Crippen MR) is 83.3 cm³/mol. The molecule has 0 bridgehead atoms. The molecule has 1 heterocycles. The second kappa shape index (κ2) is 5.56. The van der Waals surface area contributed by atoms with E-state index in [-0.39, 0.29) is 10.9 Å². The first kappa shape index (κ1) is 15.9. The summed E-state index contributed by atoms with van der Waals surface area (Å²) in [5, 5.41) is 43.4. The highest BCUT2D eigenvalue weighted by Crippen LogP contribution is 2.52. The van der Waals surface area contributed by atoms with Crippen LogP contribution in [0.2, 0.25) is 0 Å². The van der Waals surface area contributed by atoms with Gasteiger partial charge in [0.15, 0.2) is 0 Å². The number of aromatic hydroxyl groups is 1. The van der Waals surface area contributed by atoms with E-state index >= 15 is 0 Å². The lowest BCUT2D eigenvalue weighted by Crippen LogP contribution is -2.01. The lowest BCUT2D eigenvalue weighted by molar-refractivity contribution is -0.424. The number of phenols is 1. The van der Waals surface area contributed by atoms with E-state index in [1.54, 1.807) is 30.3 Å². The molecule has 0 aliphatic carbocycles. The highest BCUT2D eigenvalue weighted by atomic mass is 16.6. The van der Waals surface area contributed by atoms with Crippen LogP contribution in [-0.2, 0) is 0 Å². The molecule has 2 aromatic carbocycles. The standard InChI is InChI=1S/C14H7N3O8/c18-13-10(15(19)20)9-8(7-4-2-1-3-5-7)6-25-14(9)12(17(23)24)11(13)16(21)22/h1-6,18H. The van der Waals surface area contributed by atoms with Crippen molar-refractivity contribution in [2.24, 2.45) is 0 Å². The number of furan rings is 1. The van der Waals surface area contributed by atoms with Crippen LogP contribution in [0.3, 0.4) is 0 Å². The molecule has 0 spiro atoms. The van der Waals surface area contributed by atoms with E-state index in [9.17, 15) is 35.4 Å². The van der Waals surface area contributed by atoms with Gasteiger partial charge in [0, 0.05) is 5.56 Å². The Morgan fingerprint density at radius 1 is 0.840 bits per heavy atom. The van der Waals surface area contributed by atoms with E-state index in [1.807, 2.05) is 0 Å². The largest absolute Gasteiger partial charge is 0.497 e. The van der Waals surface area contributed by atoms with Gasteiger partial charge in [-0.3, -0.25) is 30.3 Å². The molecule has 1 aromatic heterocycles. The molecule has 1 N–H and O–H groups in total. The van der Waals surface area contributed by atoms with Gasteiger partial charge in [-0.05, 0) is 5.56 Å². The molecule has 0 aliphatic heterocycles. The maximum atomic E-state index is 11.4. The maximum Gasteiger partial charge on any atom is 0.398 e. The second-order valence-electron chi connectivity index (χ2n) is 4.89. The summed E-state index contributed by atoms with van der Waals surface area (Å²) in [7, 11) is 0. The van der Waals surface area contributed by atoms with Crippen molar-refractivity contribution in [3.8, 4) is 16.9 Å². The highest BCUT2D eigenvalue weighted by molar-refractivity contribution is 6.09. The molecule has 0 saturated heterocycles. The third-order valence-electron chi connectivity index (χ3n) is 3.55. The number of nitrogens with zero attached hydrogens (tertiary/aromatic N) is 3. The molecule has 126 valence electrons. The number of hydrogen-bond acceptors (Lipinski definition) is 8. The topological polar surface area (TPSA) is 163 Å². The van der Waals surface area contributed by atoms with Gasteiger partial charge in [0.25, 0.3) is 5.75 Å². The summed E-state index contributed by atoms with van der Waals surface area (Å²) in [4.78, 5) is 30.4. The second-order valence-corrected chi connectivity index (χ2v) is 4.89. The van der Waals surface area contributed by atoms with Crippen molar-refractivity contribution in [3.05, 3.63) is 66.9 Å². The minimum absolute atomic E-state index is 0.0931. The van der Waals surface area contributed by atoms with E-state index in [0.717, 1.165) is 6.26 Å². The van der Waals surface area contributed by atoms with Crippen molar-refractivity contribution in [3.63, 3.8) is 0 Å². The van der Waals surface area contributed by atoms with Crippen LogP contribution in [0.1, 0.15) is 0 Å². The molecule has 11 nitrogen and oxygen atoms in total. The number of nitro benzene ring substituents is 3. The Balaban J connectivity index is 2.57. The zero-order valence-corrected chi connectivity index (χ0v) is 12.1. The number of phenolic OH excluding ortho intramolecular Hbond substituents is 1. The minimum Gasteiger partial charge on any atom is -0.497 e. The third-order valence-corrected chi connectivity index (χ3v) is 3.55. The highest BCUT2D eigenvalue weighted by Gasteiger charge is 2.43. The molecule has 0 fully saturated rings. The molecule has 0 amide bonds. The van der Waals surface area contributed by atoms with Crippen molar-refractivity contribution < 1.29 is 24.3 Å². The average molecular weight is 345 g/mol. The molecular formula is C14H7N3O8. The predicted octanol–water partition coefficient (Wildman–Crippen LogP) is 3.53. The first-order chi connectivity index (χ1) is 11.8. The van der Waals surface area contributed by atoms with Gasteiger partial charge >= 0.3 is 17.1 Å². The van der Waals surface area contributed by atoms with Crippen LogP contribution in [0.15, 0.2) is 41.0 Å². The van der Waals surface area contributed by atoms with E-state index in [1.165, 1.54) is 0 Å². The van der Waals surface area contributed by atoms with Gasteiger partial charge in [-0.25, -0.2) is 0 Å². The zero-order chi connectivity index (χ0) is 18.3. The maximum absolute atomic E-state index is 11.4. The SMILES string of the molecule is O=[N+]([O-])c1c(O)c([N+](=O)[O-])c2c(-c3ccccc3)coc2c1[N+](=O)[O-]. The number of fused-ring (bicyclic) bond motifs is 1. The van der Waals surface area contributed by atoms with E-state index < -0.39 is 43.2 Å². The average Bonchev–Trinajstić information content (AvgIpc) is 2.97. The fraction of sp³-hybridized carbons (Fsp3) is 0. The molecule has 3 aromatic rings. The summed E-state index contributed by atoms with van der Waals surface area (Å²) < 4.78 is 5.07. The van der Waals surface area contributed by atoms with Crippen molar-refractivity contribution in [2.75, 3.05) is 0 Å². The molecule has 3 rings (SSSR count). The number of benzene rings is 2. The lowest BCUT2D eigenvalue weighted by atomic mass is 10.0. The van der Waals surface area contributed by atoms with Gasteiger partial charge in [-0.1, -0.05) is 30.3 Å². The molecule has 0 aliphatic rings.